The lowest BCUT2D eigenvalue weighted by Crippen LogP contribution is -2.40. The number of hydrogen-bond acceptors (Lipinski definition) is 2. The molecule has 0 heterocycles. The Morgan fingerprint density at radius 2 is 1.93 bits per heavy atom. The molecule has 0 spiro atoms. The summed E-state index contributed by atoms with van der Waals surface area (Å²) < 4.78 is 0. The lowest BCUT2D eigenvalue weighted by atomic mass is 9.60. The molecule has 3 aliphatic carbocycles. The van der Waals surface area contributed by atoms with Crippen LogP contribution in [0.15, 0.2) is 35.5 Å². The van der Waals surface area contributed by atoms with Crippen LogP contribution in [0.2, 0.25) is 0 Å². The van der Waals surface area contributed by atoms with E-state index in [0.717, 1.165) is 50.9 Å². The van der Waals surface area contributed by atoms with Crippen molar-refractivity contribution in [2.24, 2.45) is 29.1 Å². The molecule has 0 radical (unpaired) electrons. The number of fused-ring (bicyclic) bond motifs is 1. The molecule has 3 aliphatic rings. The monoisotopic (exact) mass is 398 g/mol. The Bertz CT molecular complexity index is 655. The van der Waals surface area contributed by atoms with E-state index in [2.05, 4.69) is 39.5 Å². The first-order valence-corrected chi connectivity index (χ1v) is 12.1. The zero-order chi connectivity index (χ0) is 21.0. The van der Waals surface area contributed by atoms with Gasteiger partial charge in [0, 0.05) is 5.41 Å². The average molecular weight is 399 g/mol. The Hall–Kier alpha value is -1.15. The van der Waals surface area contributed by atoms with Gasteiger partial charge in [0.25, 0.3) is 0 Å². The molecule has 0 unspecified atom stereocenters. The topological polar surface area (TPSA) is 37.3 Å². The summed E-state index contributed by atoms with van der Waals surface area (Å²) in [4.78, 5) is 12.5. The van der Waals surface area contributed by atoms with Crippen molar-refractivity contribution in [1.82, 2.24) is 0 Å². The minimum atomic E-state index is -0.229. The zero-order valence-corrected chi connectivity index (χ0v) is 19.0. The van der Waals surface area contributed by atoms with Gasteiger partial charge in [-0.15, -0.1) is 0 Å². The highest BCUT2D eigenvalue weighted by Gasteiger charge is 2.53. The minimum Gasteiger partial charge on any atom is -0.393 e. The summed E-state index contributed by atoms with van der Waals surface area (Å²) >= 11 is 0. The van der Waals surface area contributed by atoms with Crippen LogP contribution in [0.5, 0.6) is 0 Å². The Balaban J connectivity index is 1.75. The van der Waals surface area contributed by atoms with E-state index in [-0.39, 0.29) is 11.5 Å². The predicted molar refractivity (Wildman–Crippen MR) is 122 cm³/mol. The largest absolute Gasteiger partial charge is 0.393 e. The van der Waals surface area contributed by atoms with Crippen LogP contribution in [0.25, 0.3) is 0 Å². The SMILES string of the molecule is C=C1CC[C@H](O)C/C1=C/C=C1\CCC[C@]2(C=O)[C@@H]([C@H](C)CCCC(C)C)CC[C@@H]12. The molecule has 3 fully saturated rings. The second-order valence-corrected chi connectivity index (χ2v) is 10.6. The summed E-state index contributed by atoms with van der Waals surface area (Å²) in [5.41, 5.74) is 3.71. The van der Waals surface area contributed by atoms with Crippen LogP contribution in [0, 0.1) is 29.1 Å². The van der Waals surface area contributed by atoms with Crippen molar-refractivity contribution in [3.63, 3.8) is 0 Å². The van der Waals surface area contributed by atoms with E-state index in [9.17, 15) is 9.90 Å². The molecule has 3 saturated carbocycles. The fourth-order valence-corrected chi connectivity index (χ4v) is 6.49. The molecule has 2 heteroatoms. The molecule has 162 valence electrons. The summed E-state index contributed by atoms with van der Waals surface area (Å²) in [6, 6.07) is 0. The van der Waals surface area contributed by atoms with Crippen LogP contribution in [0.3, 0.4) is 0 Å². The Morgan fingerprint density at radius 1 is 1.14 bits per heavy atom. The minimum absolute atomic E-state index is 0.136. The molecular formula is C27H42O2. The van der Waals surface area contributed by atoms with Crippen molar-refractivity contribution in [3.05, 3.63) is 35.5 Å². The molecule has 0 saturated heterocycles. The highest BCUT2D eigenvalue weighted by molar-refractivity contribution is 5.63. The third kappa shape index (κ3) is 4.95. The lowest BCUT2D eigenvalue weighted by Gasteiger charge is -2.43. The fraction of sp³-hybridized carbons (Fsp3) is 0.741. The van der Waals surface area contributed by atoms with Crippen molar-refractivity contribution in [1.29, 1.82) is 0 Å². The van der Waals surface area contributed by atoms with Gasteiger partial charge in [-0.3, -0.25) is 0 Å². The summed E-state index contributed by atoms with van der Waals surface area (Å²) in [7, 11) is 0. The third-order valence-electron chi connectivity index (χ3n) is 8.16. The molecule has 0 bridgehead atoms. The number of rotatable bonds is 7. The van der Waals surface area contributed by atoms with Crippen LogP contribution in [-0.2, 0) is 4.79 Å². The molecule has 2 nitrogen and oxygen atoms in total. The molecule has 5 atom stereocenters. The van der Waals surface area contributed by atoms with E-state index >= 15 is 0 Å². The molecule has 0 aromatic carbocycles. The predicted octanol–water partition coefficient (Wildman–Crippen LogP) is 6.80. The Kier molecular flexibility index (Phi) is 7.59. The van der Waals surface area contributed by atoms with Gasteiger partial charge >= 0.3 is 0 Å². The molecular weight excluding hydrogens is 356 g/mol. The van der Waals surface area contributed by atoms with Crippen molar-refractivity contribution >= 4 is 6.29 Å². The first-order chi connectivity index (χ1) is 13.9. The van der Waals surface area contributed by atoms with E-state index in [1.807, 2.05) is 0 Å². The van der Waals surface area contributed by atoms with Gasteiger partial charge in [0.15, 0.2) is 0 Å². The first-order valence-electron chi connectivity index (χ1n) is 12.1. The van der Waals surface area contributed by atoms with E-state index in [1.165, 1.54) is 48.7 Å². The van der Waals surface area contributed by atoms with Gasteiger partial charge in [0.05, 0.1) is 6.10 Å². The van der Waals surface area contributed by atoms with Gasteiger partial charge in [-0.1, -0.05) is 69.9 Å². The number of hydrogen-bond donors (Lipinski definition) is 1. The summed E-state index contributed by atoms with van der Waals surface area (Å²) in [5, 5.41) is 10.0. The van der Waals surface area contributed by atoms with Gasteiger partial charge in [0.2, 0.25) is 0 Å². The maximum absolute atomic E-state index is 12.5. The van der Waals surface area contributed by atoms with Crippen LogP contribution in [0.4, 0.5) is 0 Å². The Labute approximate surface area is 178 Å². The molecule has 1 N–H and O–H groups in total. The zero-order valence-electron chi connectivity index (χ0n) is 19.0. The molecule has 0 amide bonds. The standard InChI is InChI=1S/C27H42O2/c1-19(2)7-5-8-21(4)25-14-15-26-22(9-6-16-27(25,26)18-28)11-12-23-17-24(29)13-10-20(23)3/h11-12,18-19,21,24-26,29H,3,5-10,13-17H2,1-2,4H3/b22-11+,23-12-/t21-,24+,25-,26+,27+/m1/s1. The number of aliphatic hydroxyl groups excluding tert-OH is 1. The van der Waals surface area contributed by atoms with Gasteiger partial charge < -0.3 is 9.90 Å². The van der Waals surface area contributed by atoms with E-state index in [1.54, 1.807) is 0 Å². The summed E-state index contributed by atoms with van der Waals surface area (Å²) in [5.74, 6) is 2.36. The van der Waals surface area contributed by atoms with Gasteiger partial charge in [-0.2, -0.15) is 0 Å². The Morgan fingerprint density at radius 3 is 2.66 bits per heavy atom. The average Bonchev–Trinajstić information content (AvgIpc) is 3.09. The normalized spacial score (nSPS) is 36.6. The van der Waals surface area contributed by atoms with Crippen molar-refractivity contribution in [2.45, 2.75) is 97.5 Å². The number of carbonyl (C=O) groups excluding carboxylic acids is 1. The summed E-state index contributed by atoms with van der Waals surface area (Å²) in [6.45, 7) is 11.2. The smallest absolute Gasteiger partial charge is 0.127 e. The van der Waals surface area contributed by atoms with E-state index in [0.29, 0.717) is 17.8 Å². The second-order valence-electron chi connectivity index (χ2n) is 10.6. The third-order valence-corrected chi connectivity index (χ3v) is 8.16. The van der Waals surface area contributed by atoms with Crippen LogP contribution >= 0.6 is 0 Å². The van der Waals surface area contributed by atoms with Gasteiger partial charge in [-0.25, -0.2) is 0 Å². The van der Waals surface area contributed by atoms with Crippen molar-refractivity contribution in [2.75, 3.05) is 0 Å². The first kappa shape index (κ1) is 22.5. The number of aliphatic hydroxyl groups is 1. The number of allylic oxidation sites excluding steroid dienone is 4. The van der Waals surface area contributed by atoms with Crippen LogP contribution in [0.1, 0.15) is 91.4 Å². The second kappa shape index (κ2) is 9.77. The van der Waals surface area contributed by atoms with Crippen molar-refractivity contribution < 1.29 is 9.90 Å². The number of carbonyl (C=O) groups is 1. The molecule has 0 aromatic rings. The van der Waals surface area contributed by atoms with Crippen LogP contribution < -0.4 is 0 Å². The van der Waals surface area contributed by atoms with Crippen molar-refractivity contribution in [3.8, 4) is 0 Å². The summed E-state index contributed by atoms with van der Waals surface area (Å²) in [6.07, 6.45) is 17.6. The maximum atomic E-state index is 12.5. The fourth-order valence-electron chi connectivity index (χ4n) is 6.49. The molecule has 0 aromatic heterocycles. The number of aldehydes is 1. The highest BCUT2D eigenvalue weighted by atomic mass is 16.3. The van der Waals surface area contributed by atoms with Crippen LogP contribution in [-0.4, -0.2) is 17.5 Å². The molecule has 0 aliphatic heterocycles. The highest BCUT2D eigenvalue weighted by Crippen LogP contribution is 2.59. The van der Waals surface area contributed by atoms with E-state index < -0.39 is 0 Å². The molecule has 3 rings (SSSR count). The van der Waals surface area contributed by atoms with Gasteiger partial charge in [-0.05, 0) is 80.6 Å². The maximum Gasteiger partial charge on any atom is 0.127 e. The molecule has 29 heavy (non-hydrogen) atoms. The van der Waals surface area contributed by atoms with Gasteiger partial charge in [0.1, 0.15) is 6.29 Å². The quantitative estimate of drug-likeness (QED) is 0.479. The lowest BCUT2D eigenvalue weighted by molar-refractivity contribution is -0.122. The van der Waals surface area contributed by atoms with E-state index in [4.69, 9.17) is 0 Å².